The first-order chi connectivity index (χ1) is 14.1. The van der Waals surface area contributed by atoms with Crippen LogP contribution in [0, 0.1) is 11.8 Å². The second-order valence-electron chi connectivity index (χ2n) is 8.22. The minimum Gasteiger partial charge on any atom is -0.370 e. The predicted octanol–water partition coefficient (Wildman–Crippen LogP) is 0.386. The van der Waals surface area contributed by atoms with E-state index in [9.17, 15) is 14.4 Å². The monoisotopic (exact) mass is 420 g/mol. The molecule has 8 heteroatoms. The van der Waals surface area contributed by atoms with E-state index >= 15 is 0 Å². The summed E-state index contributed by atoms with van der Waals surface area (Å²) in [7, 11) is 0. The van der Waals surface area contributed by atoms with E-state index in [2.05, 4.69) is 16.8 Å². The predicted molar refractivity (Wildman–Crippen MR) is 108 cm³/mol. The Kier molecular flexibility index (Phi) is 6.62. The van der Waals surface area contributed by atoms with Gasteiger partial charge in [-0.2, -0.15) is 0 Å². The molecule has 3 atom stereocenters. The van der Waals surface area contributed by atoms with Gasteiger partial charge in [0, 0.05) is 13.0 Å². The Morgan fingerprint density at radius 3 is 2.52 bits per heavy atom. The third kappa shape index (κ3) is 4.54. The normalized spacial score (nSPS) is 26.4. The number of thiophene rings is 1. The van der Waals surface area contributed by atoms with E-state index in [0.29, 0.717) is 6.54 Å². The number of nitrogens with one attached hydrogen (secondary N) is 2. The molecule has 1 aromatic rings. The molecule has 3 heterocycles. The lowest BCUT2D eigenvalue weighted by molar-refractivity contribution is -0.937. The molecule has 0 radical (unpaired) electrons. The largest absolute Gasteiger partial charge is 0.370 e. The van der Waals surface area contributed by atoms with E-state index in [-0.39, 0.29) is 48.6 Å². The molecular formula is C21H30N3O4S+. The van der Waals surface area contributed by atoms with Gasteiger partial charge in [0.25, 0.3) is 0 Å². The fourth-order valence-electron chi connectivity index (χ4n) is 4.89. The molecule has 158 valence electrons. The van der Waals surface area contributed by atoms with Crippen molar-refractivity contribution in [1.82, 2.24) is 10.2 Å². The summed E-state index contributed by atoms with van der Waals surface area (Å²) >= 11 is 1.71. The van der Waals surface area contributed by atoms with E-state index < -0.39 is 0 Å². The number of fused-ring (bicyclic) bond motifs is 1. The zero-order chi connectivity index (χ0) is 20.2. The zero-order valence-electron chi connectivity index (χ0n) is 16.7. The number of amides is 3. The van der Waals surface area contributed by atoms with Gasteiger partial charge in [-0.15, -0.1) is 11.3 Å². The average molecular weight is 421 g/mol. The van der Waals surface area contributed by atoms with Gasteiger partial charge >= 0.3 is 0 Å². The van der Waals surface area contributed by atoms with Crippen LogP contribution in [-0.4, -0.2) is 62.0 Å². The van der Waals surface area contributed by atoms with Gasteiger partial charge in [0.2, 0.25) is 17.7 Å². The lowest BCUT2D eigenvalue weighted by Gasteiger charge is -2.31. The highest BCUT2D eigenvalue weighted by Crippen LogP contribution is 2.37. The van der Waals surface area contributed by atoms with Crippen LogP contribution < -0.4 is 10.2 Å². The molecule has 0 aromatic carbocycles. The van der Waals surface area contributed by atoms with Gasteiger partial charge in [0.05, 0.1) is 36.5 Å². The van der Waals surface area contributed by atoms with Crippen LogP contribution in [0.1, 0.15) is 43.0 Å². The number of imide groups is 1. The lowest BCUT2D eigenvalue weighted by Crippen LogP contribution is -3.15. The summed E-state index contributed by atoms with van der Waals surface area (Å²) in [6.07, 6.45) is 3.82. The van der Waals surface area contributed by atoms with Crippen molar-refractivity contribution in [1.29, 1.82) is 0 Å². The number of carbonyl (C=O) groups is 3. The Labute approximate surface area is 175 Å². The fraction of sp³-hybridized carbons (Fsp3) is 0.667. The van der Waals surface area contributed by atoms with Gasteiger partial charge < -0.3 is 15.0 Å². The maximum Gasteiger partial charge on any atom is 0.233 e. The highest BCUT2D eigenvalue weighted by Gasteiger charge is 2.47. The number of hydrogen-bond acceptors (Lipinski definition) is 5. The van der Waals surface area contributed by atoms with Crippen molar-refractivity contribution in [3.63, 3.8) is 0 Å². The van der Waals surface area contributed by atoms with Gasteiger partial charge in [-0.25, -0.2) is 0 Å². The Balaban J connectivity index is 1.29. The molecule has 4 rings (SSSR count). The number of ether oxygens (including phenoxy) is 1. The van der Waals surface area contributed by atoms with E-state index in [1.807, 2.05) is 6.07 Å². The number of carbonyl (C=O) groups excluding carboxylic acids is 3. The first-order valence-electron chi connectivity index (χ1n) is 10.7. The Morgan fingerprint density at radius 1 is 1.21 bits per heavy atom. The third-order valence-electron chi connectivity index (χ3n) is 6.51. The molecule has 1 aromatic heterocycles. The molecule has 1 saturated carbocycles. The first kappa shape index (κ1) is 20.5. The van der Waals surface area contributed by atoms with Crippen molar-refractivity contribution in [2.24, 2.45) is 11.8 Å². The van der Waals surface area contributed by atoms with Crippen LogP contribution in [0.5, 0.6) is 0 Å². The van der Waals surface area contributed by atoms with Crippen molar-refractivity contribution in [2.45, 2.75) is 38.1 Å². The molecule has 3 aliphatic rings. The third-order valence-corrected chi connectivity index (χ3v) is 7.50. The average Bonchev–Trinajstić information content (AvgIpc) is 3.36. The summed E-state index contributed by atoms with van der Waals surface area (Å²) in [6, 6.07) is 4.37. The number of nitrogens with zero attached hydrogens (tertiary/aromatic N) is 1. The van der Waals surface area contributed by atoms with E-state index in [1.165, 1.54) is 14.7 Å². The van der Waals surface area contributed by atoms with Gasteiger partial charge in [0.15, 0.2) is 0 Å². The second-order valence-corrected chi connectivity index (χ2v) is 9.20. The second kappa shape index (κ2) is 9.36. The van der Waals surface area contributed by atoms with Gasteiger partial charge in [0.1, 0.15) is 19.1 Å². The summed E-state index contributed by atoms with van der Waals surface area (Å²) in [6.45, 7) is 4.10. The number of rotatable bonds is 7. The van der Waals surface area contributed by atoms with Gasteiger partial charge in [-0.1, -0.05) is 18.9 Å². The van der Waals surface area contributed by atoms with Crippen LogP contribution in [0.2, 0.25) is 0 Å². The molecule has 2 aliphatic heterocycles. The molecule has 0 unspecified atom stereocenters. The number of likely N-dealkylation sites (tertiary alicyclic amines) is 1. The molecule has 0 bridgehead atoms. The van der Waals surface area contributed by atoms with Crippen LogP contribution in [0.15, 0.2) is 17.5 Å². The molecule has 3 amide bonds. The summed E-state index contributed by atoms with van der Waals surface area (Å²) < 4.78 is 5.47. The Bertz CT molecular complexity index is 708. The van der Waals surface area contributed by atoms with Crippen molar-refractivity contribution < 1.29 is 24.0 Å². The Morgan fingerprint density at radius 2 is 1.90 bits per heavy atom. The Hall–Kier alpha value is -1.77. The lowest BCUT2D eigenvalue weighted by atomic mass is 9.81. The van der Waals surface area contributed by atoms with Crippen LogP contribution in [-0.2, 0) is 19.1 Å². The molecule has 3 fully saturated rings. The highest BCUT2D eigenvalue weighted by molar-refractivity contribution is 7.10. The van der Waals surface area contributed by atoms with Crippen molar-refractivity contribution in [3.8, 4) is 0 Å². The smallest absolute Gasteiger partial charge is 0.233 e. The topological polar surface area (TPSA) is 80.2 Å². The van der Waals surface area contributed by atoms with Crippen molar-refractivity contribution in [2.75, 3.05) is 39.4 Å². The maximum atomic E-state index is 12.6. The first-order valence-corrected chi connectivity index (χ1v) is 11.6. The SMILES string of the molecule is O=C(CCN1C(=O)[C@H]2CCCC[C@H]2C1=O)NC[C@H](c1cccs1)[NH+]1CCOCC1. The maximum absolute atomic E-state index is 12.6. The zero-order valence-corrected chi connectivity index (χ0v) is 17.5. The molecule has 29 heavy (non-hydrogen) atoms. The van der Waals surface area contributed by atoms with Gasteiger partial charge in [-0.05, 0) is 24.3 Å². The summed E-state index contributed by atoms with van der Waals surface area (Å²) in [4.78, 5) is 41.6. The number of morpholine rings is 1. The van der Waals surface area contributed by atoms with E-state index in [4.69, 9.17) is 4.74 Å². The summed E-state index contributed by atoms with van der Waals surface area (Å²) in [5.74, 6) is -0.530. The molecule has 7 nitrogen and oxygen atoms in total. The van der Waals surface area contributed by atoms with E-state index in [0.717, 1.165) is 52.0 Å². The van der Waals surface area contributed by atoms with Crippen LogP contribution in [0.3, 0.4) is 0 Å². The molecular weight excluding hydrogens is 390 g/mol. The van der Waals surface area contributed by atoms with Gasteiger partial charge in [-0.3, -0.25) is 19.3 Å². The van der Waals surface area contributed by atoms with Crippen molar-refractivity contribution in [3.05, 3.63) is 22.4 Å². The molecule has 0 spiro atoms. The minimum atomic E-state index is -0.146. The van der Waals surface area contributed by atoms with Crippen LogP contribution in [0.25, 0.3) is 0 Å². The minimum absolute atomic E-state index is 0.0678. The number of hydrogen-bond donors (Lipinski definition) is 2. The summed E-state index contributed by atoms with van der Waals surface area (Å²) in [5.41, 5.74) is 0. The summed E-state index contributed by atoms with van der Waals surface area (Å²) in [5, 5.41) is 5.11. The molecule has 2 saturated heterocycles. The van der Waals surface area contributed by atoms with E-state index in [1.54, 1.807) is 11.3 Å². The quantitative estimate of drug-likeness (QED) is 0.626. The highest BCUT2D eigenvalue weighted by atomic mass is 32.1. The fourth-order valence-corrected chi connectivity index (χ4v) is 5.77. The standard InChI is InChI=1S/C21H29N3O4S/c25-19(7-8-24-20(26)15-4-1-2-5-16(15)21(24)27)22-14-17(18-6-3-13-29-18)23-9-11-28-12-10-23/h3,6,13,15-17H,1-2,4-5,7-12,14H2,(H,22,25)/p+1/t15-,16+,17-/m1/s1. The molecule has 1 aliphatic carbocycles. The number of quaternary nitrogens is 1. The van der Waals surface area contributed by atoms with Crippen LogP contribution >= 0.6 is 11.3 Å². The molecule has 2 N–H and O–H groups in total. The van der Waals surface area contributed by atoms with Crippen molar-refractivity contribution >= 4 is 29.1 Å². The van der Waals surface area contributed by atoms with Crippen LogP contribution in [0.4, 0.5) is 0 Å².